The number of imidazole rings is 1. The first-order valence-corrected chi connectivity index (χ1v) is 8.87. The molecule has 1 amide bonds. The van der Waals surface area contributed by atoms with Gasteiger partial charge in [-0.3, -0.25) is 4.79 Å². The number of benzene rings is 3. The molecule has 28 heavy (non-hydrogen) atoms. The molecule has 4 rings (SSSR count). The molecule has 1 aromatic heterocycles. The van der Waals surface area contributed by atoms with Crippen LogP contribution in [0.25, 0.3) is 22.4 Å². The summed E-state index contributed by atoms with van der Waals surface area (Å²) in [6.45, 7) is 1.64. The number of amides is 1. The predicted molar refractivity (Wildman–Crippen MR) is 107 cm³/mol. The lowest BCUT2D eigenvalue weighted by molar-refractivity contribution is -0.122. The molecule has 0 radical (unpaired) electrons. The summed E-state index contributed by atoms with van der Waals surface area (Å²) in [7, 11) is 0. The first-order chi connectivity index (χ1) is 13.6. The number of nitrogens with zero attached hydrogens (tertiary/aromatic N) is 1. The maximum atomic E-state index is 12.9. The minimum absolute atomic E-state index is 0.291. The van der Waals surface area contributed by atoms with E-state index in [1.807, 2.05) is 48.5 Å². The van der Waals surface area contributed by atoms with Crippen LogP contribution in [0.3, 0.4) is 0 Å². The fraction of sp³-hybridized carbons (Fsp3) is 0.0909. The molecule has 0 aliphatic rings. The number of aromatic nitrogens is 2. The summed E-state index contributed by atoms with van der Waals surface area (Å²) in [5, 5.41) is 2.81. The molecule has 0 fully saturated rings. The van der Waals surface area contributed by atoms with Crippen molar-refractivity contribution < 1.29 is 13.9 Å². The minimum atomic E-state index is -0.722. The quantitative estimate of drug-likeness (QED) is 0.528. The lowest BCUT2D eigenvalue weighted by Crippen LogP contribution is -2.30. The van der Waals surface area contributed by atoms with Crippen LogP contribution in [0.5, 0.6) is 5.75 Å². The largest absolute Gasteiger partial charge is 0.481 e. The number of halogens is 1. The Morgan fingerprint density at radius 3 is 2.46 bits per heavy atom. The van der Waals surface area contributed by atoms with Gasteiger partial charge in [-0.05, 0) is 67.6 Å². The molecule has 3 aromatic carbocycles. The van der Waals surface area contributed by atoms with Gasteiger partial charge in [0.1, 0.15) is 17.4 Å². The van der Waals surface area contributed by atoms with Crippen LogP contribution in [0.4, 0.5) is 10.1 Å². The molecule has 4 aromatic rings. The molecule has 0 spiro atoms. The van der Waals surface area contributed by atoms with Gasteiger partial charge in [-0.15, -0.1) is 0 Å². The van der Waals surface area contributed by atoms with Crippen LogP contribution >= 0.6 is 0 Å². The summed E-state index contributed by atoms with van der Waals surface area (Å²) < 4.78 is 18.5. The Bertz CT molecular complexity index is 1070. The lowest BCUT2D eigenvalue weighted by Gasteiger charge is -2.14. The summed E-state index contributed by atoms with van der Waals surface area (Å²) in [4.78, 5) is 20.2. The zero-order valence-electron chi connectivity index (χ0n) is 15.1. The van der Waals surface area contributed by atoms with Gasteiger partial charge >= 0.3 is 0 Å². The second-order valence-electron chi connectivity index (χ2n) is 6.38. The van der Waals surface area contributed by atoms with Crippen LogP contribution in [-0.4, -0.2) is 22.0 Å². The molecule has 0 bridgehead atoms. The highest BCUT2D eigenvalue weighted by atomic mass is 19.1. The molecule has 0 aliphatic heterocycles. The van der Waals surface area contributed by atoms with E-state index >= 15 is 0 Å². The molecule has 0 saturated heterocycles. The standard InChI is InChI=1S/C22H18FN3O2/c1-14(28-18-12-8-16(23)9-13-18)22(27)24-17-10-6-15(7-11-17)21-25-19-4-2-3-5-20(19)26-21/h2-14H,1H3,(H,24,27)(H,25,26)/t14-/m0/s1. The van der Waals surface area contributed by atoms with E-state index in [4.69, 9.17) is 4.74 Å². The number of ether oxygens (including phenoxy) is 1. The third-order valence-corrected chi connectivity index (χ3v) is 4.31. The van der Waals surface area contributed by atoms with Gasteiger partial charge in [-0.1, -0.05) is 12.1 Å². The van der Waals surface area contributed by atoms with E-state index in [0.717, 1.165) is 22.4 Å². The highest BCUT2D eigenvalue weighted by Crippen LogP contribution is 2.22. The van der Waals surface area contributed by atoms with E-state index in [0.29, 0.717) is 11.4 Å². The van der Waals surface area contributed by atoms with Crippen molar-refractivity contribution in [2.24, 2.45) is 0 Å². The number of carbonyl (C=O) groups excluding carboxylic acids is 1. The Balaban J connectivity index is 1.42. The number of hydrogen-bond donors (Lipinski definition) is 2. The van der Waals surface area contributed by atoms with Gasteiger partial charge in [-0.2, -0.15) is 0 Å². The van der Waals surface area contributed by atoms with E-state index in [1.165, 1.54) is 24.3 Å². The number of anilines is 1. The molecule has 0 saturated carbocycles. The molecular weight excluding hydrogens is 357 g/mol. The number of rotatable bonds is 5. The molecule has 2 N–H and O–H groups in total. The fourth-order valence-corrected chi connectivity index (χ4v) is 2.82. The van der Waals surface area contributed by atoms with Crippen LogP contribution in [0.1, 0.15) is 6.92 Å². The second-order valence-corrected chi connectivity index (χ2v) is 6.38. The van der Waals surface area contributed by atoms with Crippen molar-refractivity contribution in [3.63, 3.8) is 0 Å². The Morgan fingerprint density at radius 2 is 1.75 bits per heavy atom. The predicted octanol–water partition coefficient (Wildman–Crippen LogP) is 4.78. The molecule has 1 atom stereocenters. The van der Waals surface area contributed by atoms with Crippen LogP contribution in [0, 0.1) is 5.82 Å². The number of nitrogens with one attached hydrogen (secondary N) is 2. The Morgan fingerprint density at radius 1 is 1.04 bits per heavy atom. The summed E-state index contributed by atoms with van der Waals surface area (Å²) in [5.74, 6) is 0.561. The van der Waals surface area contributed by atoms with E-state index in [1.54, 1.807) is 6.92 Å². The topological polar surface area (TPSA) is 67.0 Å². The summed E-state index contributed by atoms with van der Waals surface area (Å²) in [6, 6.07) is 20.8. The fourth-order valence-electron chi connectivity index (χ4n) is 2.82. The molecule has 5 nitrogen and oxygen atoms in total. The number of carbonyl (C=O) groups is 1. The summed E-state index contributed by atoms with van der Waals surface area (Å²) in [6.07, 6.45) is -0.722. The Hall–Kier alpha value is -3.67. The van der Waals surface area contributed by atoms with Crippen molar-refractivity contribution in [1.29, 1.82) is 0 Å². The third kappa shape index (κ3) is 3.86. The number of para-hydroxylation sites is 2. The zero-order valence-corrected chi connectivity index (χ0v) is 15.1. The molecule has 0 aliphatic carbocycles. The van der Waals surface area contributed by atoms with Crippen molar-refractivity contribution >= 4 is 22.6 Å². The second kappa shape index (κ2) is 7.52. The summed E-state index contributed by atoms with van der Waals surface area (Å²) in [5.41, 5.74) is 3.45. The molecule has 6 heteroatoms. The number of fused-ring (bicyclic) bond motifs is 1. The van der Waals surface area contributed by atoms with E-state index in [2.05, 4.69) is 15.3 Å². The highest BCUT2D eigenvalue weighted by molar-refractivity contribution is 5.94. The SMILES string of the molecule is C[C@H](Oc1ccc(F)cc1)C(=O)Nc1ccc(-c2nc3ccccc3[nH]2)cc1. The molecule has 0 unspecified atom stereocenters. The zero-order chi connectivity index (χ0) is 19.5. The Labute approximate surface area is 161 Å². The van der Waals surface area contributed by atoms with Crippen LogP contribution in [0.15, 0.2) is 72.8 Å². The molecule has 1 heterocycles. The molecule has 140 valence electrons. The van der Waals surface area contributed by atoms with Crippen molar-refractivity contribution in [3.05, 3.63) is 78.6 Å². The molecular formula is C22H18FN3O2. The number of H-pyrrole nitrogens is 1. The maximum Gasteiger partial charge on any atom is 0.265 e. The van der Waals surface area contributed by atoms with E-state index in [9.17, 15) is 9.18 Å². The van der Waals surface area contributed by atoms with Gasteiger partial charge in [0, 0.05) is 11.3 Å². The average Bonchev–Trinajstić information content (AvgIpc) is 3.14. The van der Waals surface area contributed by atoms with Gasteiger partial charge in [0.2, 0.25) is 0 Å². The lowest BCUT2D eigenvalue weighted by atomic mass is 10.2. The summed E-state index contributed by atoms with van der Waals surface area (Å²) >= 11 is 0. The van der Waals surface area contributed by atoms with Crippen molar-refractivity contribution in [3.8, 4) is 17.1 Å². The van der Waals surface area contributed by atoms with Gasteiger partial charge in [0.05, 0.1) is 11.0 Å². The van der Waals surface area contributed by atoms with Crippen molar-refractivity contribution in [1.82, 2.24) is 9.97 Å². The monoisotopic (exact) mass is 375 g/mol. The maximum absolute atomic E-state index is 12.9. The van der Waals surface area contributed by atoms with E-state index < -0.39 is 6.10 Å². The Kier molecular flexibility index (Phi) is 4.76. The van der Waals surface area contributed by atoms with Gasteiger partial charge < -0.3 is 15.0 Å². The normalized spacial score (nSPS) is 11.9. The van der Waals surface area contributed by atoms with Crippen LogP contribution in [0.2, 0.25) is 0 Å². The van der Waals surface area contributed by atoms with Crippen molar-refractivity contribution in [2.75, 3.05) is 5.32 Å². The van der Waals surface area contributed by atoms with Crippen molar-refractivity contribution in [2.45, 2.75) is 13.0 Å². The van der Waals surface area contributed by atoms with Gasteiger partial charge in [0.25, 0.3) is 5.91 Å². The van der Waals surface area contributed by atoms with Gasteiger partial charge in [0.15, 0.2) is 6.10 Å². The number of hydrogen-bond acceptors (Lipinski definition) is 3. The van der Waals surface area contributed by atoms with Crippen LogP contribution in [-0.2, 0) is 4.79 Å². The average molecular weight is 375 g/mol. The number of aromatic amines is 1. The third-order valence-electron chi connectivity index (χ3n) is 4.31. The highest BCUT2D eigenvalue weighted by Gasteiger charge is 2.15. The van der Waals surface area contributed by atoms with E-state index in [-0.39, 0.29) is 11.7 Å². The first-order valence-electron chi connectivity index (χ1n) is 8.87. The van der Waals surface area contributed by atoms with Crippen LogP contribution < -0.4 is 10.1 Å². The minimum Gasteiger partial charge on any atom is -0.481 e. The smallest absolute Gasteiger partial charge is 0.265 e. The first kappa shape index (κ1) is 17.7. The van der Waals surface area contributed by atoms with Gasteiger partial charge in [-0.25, -0.2) is 9.37 Å².